The molecule has 0 aliphatic heterocycles. The number of rotatable bonds is 4. The molecule has 0 fully saturated rings. The lowest BCUT2D eigenvalue weighted by molar-refractivity contribution is 0.0706. The number of aromatic nitrogens is 2. The minimum absolute atomic E-state index is 0.324. The number of carbonyl (C=O) groups excluding carboxylic acids is 1. The van der Waals surface area contributed by atoms with Gasteiger partial charge in [-0.15, -0.1) is 0 Å². The second-order valence-corrected chi connectivity index (χ2v) is 5.58. The number of hydrogen-bond acceptors (Lipinski definition) is 3. The number of nitrogens with one attached hydrogen (secondary N) is 1. The first-order chi connectivity index (χ1) is 11.7. The van der Waals surface area contributed by atoms with Crippen LogP contribution in [0.25, 0.3) is 17.0 Å². The highest BCUT2D eigenvalue weighted by Crippen LogP contribution is 2.27. The van der Waals surface area contributed by atoms with Crippen LogP contribution in [0.3, 0.4) is 0 Å². The van der Waals surface area contributed by atoms with Crippen molar-refractivity contribution < 1.29 is 10.0 Å². The number of fused-ring (bicyclic) bond motifs is 1. The van der Waals surface area contributed by atoms with E-state index < -0.39 is 5.91 Å². The van der Waals surface area contributed by atoms with Crippen LogP contribution in [-0.2, 0) is 6.54 Å². The fourth-order valence-electron chi connectivity index (χ4n) is 2.92. The van der Waals surface area contributed by atoms with Gasteiger partial charge in [0, 0.05) is 28.4 Å². The van der Waals surface area contributed by atoms with Crippen LogP contribution in [0.1, 0.15) is 34.2 Å². The van der Waals surface area contributed by atoms with E-state index in [1.165, 1.54) is 22.8 Å². The minimum atomic E-state index is -0.563. The molecule has 0 aliphatic carbocycles. The monoisotopic (exact) mass is 321 g/mol. The molecule has 5 nitrogen and oxygen atoms in total. The highest BCUT2D eigenvalue weighted by Gasteiger charge is 2.12. The number of nitrogens with zero attached hydrogens (tertiary/aromatic N) is 2. The van der Waals surface area contributed by atoms with Gasteiger partial charge in [0.05, 0.1) is 17.8 Å². The molecular formula is C19H19N3O2. The van der Waals surface area contributed by atoms with Crippen molar-refractivity contribution in [3.05, 3.63) is 71.2 Å². The fourth-order valence-corrected chi connectivity index (χ4v) is 2.92. The van der Waals surface area contributed by atoms with Gasteiger partial charge in [-0.3, -0.25) is 15.0 Å². The van der Waals surface area contributed by atoms with Gasteiger partial charge in [-0.1, -0.05) is 30.4 Å². The molecule has 0 saturated heterocycles. The van der Waals surface area contributed by atoms with Crippen LogP contribution in [0.2, 0.25) is 0 Å². The molecule has 3 rings (SSSR count). The van der Waals surface area contributed by atoms with Crippen molar-refractivity contribution >= 4 is 22.9 Å². The normalized spacial score (nSPS) is 11.3. The van der Waals surface area contributed by atoms with Crippen LogP contribution >= 0.6 is 0 Å². The molecule has 0 bridgehead atoms. The molecule has 2 heterocycles. The summed E-state index contributed by atoms with van der Waals surface area (Å²) >= 11 is 0. The molecule has 3 aromatic rings. The number of allylic oxidation sites excluding steroid dienone is 1. The van der Waals surface area contributed by atoms with Gasteiger partial charge in [-0.2, -0.15) is 0 Å². The second kappa shape index (κ2) is 6.68. The van der Waals surface area contributed by atoms with Gasteiger partial charge >= 0.3 is 0 Å². The van der Waals surface area contributed by atoms with E-state index in [0.717, 1.165) is 11.2 Å². The number of benzene rings is 1. The lowest BCUT2D eigenvalue weighted by Crippen LogP contribution is -2.18. The third-order valence-electron chi connectivity index (χ3n) is 4.12. The van der Waals surface area contributed by atoms with Crippen LogP contribution in [-0.4, -0.2) is 20.7 Å². The number of amides is 1. The van der Waals surface area contributed by atoms with Gasteiger partial charge in [-0.05, 0) is 32.0 Å². The standard InChI is InChI=1S/C19H19N3O2/c1-3-6-16-13(2)22(18-8-5-4-7-17(16)18)12-15-10-9-14(11-20-15)19(23)21-24/h3-11,24H,12H2,1-2H3,(H,21,23)/b6-3-. The van der Waals surface area contributed by atoms with Crippen molar-refractivity contribution in [3.63, 3.8) is 0 Å². The zero-order valence-corrected chi connectivity index (χ0v) is 13.7. The number of carbonyl (C=O) groups is 1. The summed E-state index contributed by atoms with van der Waals surface area (Å²) in [6.07, 6.45) is 5.63. The lowest BCUT2D eigenvalue weighted by Gasteiger charge is -2.08. The van der Waals surface area contributed by atoms with E-state index in [0.29, 0.717) is 12.1 Å². The average molecular weight is 321 g/mol. The zero-order valence-electron chi connectivity index (χ0n) is 13.7. The molecule has 2 N–H and O–H groups in total. The molecule has 5 heteroatoms. The summed E-state index contributed by atoms with van der Waals surface area (Å²) in [5.41, 5.74) is 6.32. The van der Waals surface area contributed by atoms with Gasteiger partial charge in [-0.25, -0.2) is 5.48 Å². The average Bonchev–Trinajstić information content (AvgIpc) is 2.88. The van der Waals surface area contributed by atoms with Crippen molar-refractivity contribution in [1.29, 1.82) is 0 Å². The maximum absolute atomic E-state index is 11.4. The smallest absolute Gasteiger partial charge is 0.276 e. The summed E-state index contributed by atoms with van der Waals surface area (Å²) in [6, 6.07) is 11.7. The van der Waals surface area contributed by atoms with Gasteiger partial charge < -0.3 is 4.57 Å². The van der Waals surface area contributed by atoms with Crippen LogP contribution in [0, 0.1) is 6.92 Å². The SMILES string of the molecule is C/C=C\c1c(C)n(Cc2ccc(C(=O)NO)cn2)c2ccccc12. The largest absolute Gasteiger partial charge is 0.338 e. The van der Waals surface area contributed by atoms with E-state index >= 15 is 0 Å². The number of hydrogen-bond donors (Lipinski definition) is 2. The zero-order chi connectivity index (χ0) is 17.1. The highest BCUT2D eigenvalue weighted by molar-refractivity contribution is 5.93. The van der Waals surface area contributed by atoms with Crippen LogP contribution in [0.15, 0.2) is 48.7 Å². The molecule has 0 radical (unpaired) electrons. The molecule has 2 aromatic heterocycles. The van der Waals surface area contributed by atoms with Gasteiger partial charge in [0.15, 0.2) is 0 Å². The fraction of sp³-hybridized carbons (Fsp3) is 0.158. The maximum Gasteiger partial charge on any atom is 0.276 e. The Balaban J connectivity index is 2.01. The Morgan fingerprint density at radius 2 is 2.08 bits per heavy atom. The van der Waals surface area contributed by atoms with Gasteiger partial charge in [0.1, 0.15) is 0 Å². The first-order valence-electron chi connectivity index (χ1n) is 7.75. The predicted octanol–water partition coefficient (Wildman–Crippen LogP) is 3.55. The first kappa shape index (κ1) is 16.0. The lowest BCUT2D eigenvalue weighted by atomic mass is 10.1. The molecule has 1 aromatic carbocycles. The summed E-state index contributed by atoms with van der Waals surface area (Å²) in [5, 5.41) is 9.88. The molecule has 1 amide bonds. The Morgan fingerprint density at radius 3 is 2.75 bits per heavy atom. The molecule has 0 saturated carbocycles. The van der Waals surface area contributed by atoms with E-state index in [-0.39, 0.29) is 0 Å². The third kappa shape index (κ3) is 2.81. The Hall–Kier alpha value is -2.92. The minimum Gasteiger partial charge on any atom is -0.338 e. The van der Waals surface area contributed by atoms with Crippen molar-refractivity contribution in [2.45, 2.75) is 20.4 Å². The Bertz CT molecular complexity index is 908. The topological polar surface area (TPSA) is 67.2 Å². The molecule has 0 aliphatic rings. The molecule has 0 atom stereocenters. The van der Waals surface area contributed by atoms with Crippen molar-refractivity contribution in [2.75, 3.05) is 0 Å². The van der Waals surface area contributed by atoms with E-state index in [1.54, 1.807) is 17.6 Å². The highest BCUT2D eigenvalue weighted by atomic mass is 16.5. The van der Waals surface area contributed by atoms with E-state index in [2.05, 4.69) is 34.7 Å². The van der Waals surface area contributed by atoms with E-state index in [1.807, 2.05) is 25.1 Å². The summed E-state index contributed by atoms with van der Waals surface area (Å²) in [7, 11) is 0. The van der Waals surface area contributed by atoms with Crippen LogP contribution in [0.4, 0.5) is 0 Å². The van der Waals surface area contributed by atoms with Gasteiger partial charge in [0.25, 0.3) is 5.91 Å². The van der Waals surface area contributed by atoms with E-state index in [4.69, 9.17) is 5.21 Å². The third-order valence-corrected chi connectivity index (χ3v) is 4.12. The summed E-state index contributed by atoms with van der Waals surface area (Å²) < 4.78 is 2.22. The first-order valence-corrected chi connectivity index (χ1v) is 7.75. The molecular weight excluding hydrogens is 302 g/mol. The summed E-state index contributed by atoms with van der Waals surface area (Å²) in [6.45, 7) is 4.73. The predicted molar refractivity (Wildman–Crippen MR) is 94.0 cm³/mol. The molecule has 0 spiro atoms. The van der Waals surface area contributed by atoms with Crippen molar-refractivity contribution in [2.24, 2.45) is 0 Å². The quantitative estimate of drug-likeness (QED) is 0.570. The molecule has 0 unspecified atom stereocenters. The maximum atomic E-state index is 11.4. The summed E-state index contributed by atoms with van der Waals surface area (Å²) in [4.78, 5) is 15.7. The number of para-hydroxylation sites is 1. The number of pyridine rings is 1. The summed E-state index contributed by atoms with van der Waals surface area (Å²) in [5.74, 6) is -0.563. The van der Waals surface area contributed by atoms with Crippen molar-refractivity contribution in [1.82, 2.24) is 15.0 Å². The van der Waals surface area contributed by atoms with Crippen LogP contribution < -0.4 is 5.48 Å². The Kier molecular flexibility index (Phi) is 4.44. The van der Waals surface area contributed by atoms with Crippen molar-refractivity contribution in [3.8, 4) is 0 Å². The Morgan fingerprint density at radius 1 is 1.29 bits per heavy atom. The molecule has 24 heavy (non-hydrogen) atoms. The molecule has 122 valence electrons. The van der Waals surface area contributed by atoms with E-state index in [9.17, 15) is 4.79 Å². The Labute approximate surface area is 140 Å². The van der Waals surface area contributed by atoms with Gasteiger partial charge in [0.2, 0.25) is 0 Å². The van der Waals surface area contributed by atoms with Crippen LogP contribution in [0.5, 0.6) is 0 Å². The second-order valence-electron chi connectivity index (χ2n) is 5.58. The number of hydroxylamine groups is 1.